The summed E-state index contributed by atoms with van der Waals surface area (Å²) < 4.78 is 12.1. The molecule has 1 amide bonds. The minimum atomic E-state index is -0.625. The lowest BCUT2D eigenvalue weighted by atomic mass is 10.1. The smallest absolute Gasteiger partial charge is 0.258 e. The van der Waals surface area contributed by atoms with E-state index < -0.39 is 6.10 Å². The second-order valence-electron chi connectivity index (χ2n) is 6.80. The van der Waals surface area contributed by atoms with E-state index in [-0.39, 0.29) is 31.2 Å². The number of pyridine rings is 1. The summed E-state index contributed by atoms with van der Waals surface area (Å²) in [4.78, 5) is 25.1. The van der Waals surface area contributed by atoms with Crippen molar-refractivity contribution < 1.29 is 19.4 Å². The average Bonchev–Trinajstić information content (AvgIpc) is 3.12. The third kappa shape index (κ3) is 3.57. The number of carbonyl (C=O) groups excluding carboxylic acids is 1. The highest BCUT2D eigenvalue weighted by Crippen LogP contribution is 2.32. The first-order valence-corrected chi connectivity index (χ1v) is 9.00. The van der Waals surface area contributed by atoms with E-state index in [9.17, 15) is 14.7 Å². The number of nitrogens with zero attached hydrogens (tertiary/aromatic N) is 1. The third-order valence-electron chi connectivity index (χ3n) is 4.56. The Balaban J connectivity index is 1.56. The molecular weight excluding hydrogens is 360 g/mol. The van der Waals surface area contributed by atoms with Crippen molar-refractivity contribution >= 4 is 22.4 Å². The number of nitrogens with one attached hydrogen (secondary N) is 1. The molecule has 3 aromatic rings. The van der Waals surface area contributed by atoms with Gasteiger partial charge in [0, 0.05) is 22.7 Å². The molecule has 1 aliphatic rings. The molecule has 0 spiro atoms. The van der Waals surface area contributed by atoms with Crippen molar-refractivity contribution in [3.63, 3.8) is 0 Å². The second kappa shape index (κ2) is 7.36. The van der Waals surface area contributed by atoms with E-state index in [1.54, 1.807) is 49.5 Å². The van der Waals surface area contributed by atoms with Gasteiger partial charge in [-0.05, 0) is 42.8 Å². The van der Waals surface area contributed by atoms with Gasteiger partial charge in [-0.25, -0.2) is 0 Å². The number of anilines is 1. The van der Waals surface area contributed by atoms with E-state index in [1.165, 1.54) is 4.57 Å². The topological polar surface area (TPSA) is 89.8 Å². The summed E-state index contributed by atoms with van der Waals surface area (Å²) in [7, 11) is 0. The molecule has 2 aromatic carbocycles. The molecule has 1 atom stereocenters. The number of aliphatic hydroxyl groups is 1. The molecule has 0 radical (unpaired) electrons. The van der Waals surface area contributed by atoms with Crippen molar-refractivity contribution in [1.82, 2.24) is 4.57 Å². The average molecular weight is 380 g/mol. The van der Waals surface area contributed by atoms with Crippen LogP contribution in [0.5, 0.6) is 11.5 Å². The van der Waals surface area contributed by atoms with Crippen LogP contribution in [0, 0.1) is 0 Å². The molecule has 0 saturated carbocycles. The van der Waals surface area contributed by atoms with E-state index in [0.717, 1.165) is 5.56 Å². The summed E-state index contributed by atoms with van der Waals surface area (Å²) in [5, 5.41) is 13.6. The fraction of sp³-hybridized carbons (Fsp3) is 0.238. The van der Waals surface area contributed by atoms with Crippen molar-refractivity contribution in [2.45, 2.75) is 26.0 Å². The summed E-state index contributed by atoms with van der Waals surface area (Å²) in [5.74, 6) is 1.11. The maximum Gasteiger partial charge on any atom is 0.258 e. The van der Waals surface area contributed by atoms with Crippen LogP contribution in [0.2, 0.25) is 0 Å². The van der Waals surface area contributed by atoms with Crippen LogP contribution in [0.3, 0.4) is 0 Å². The molecule has 0 bridgehead atoms. The molecule has 7 nitrogen and oxygen atoms in total. The van der Waals surface area contributed by atoms with Crippen molar-refractivity contribution in [1.29, 1.82) is 0 Å². The van der Waals surface area contributed by atoms with Gasteiger partial charge in [0.2, 0.25) is 12.7 Å². The lowest BCUT2D eigenvalue weighted by molar-refractivity contribution is -0.115. The summed E-state index contributed by atoms with van der Waals surface area (Å²) in [6, 6.07) is 12.4. The molecular formula is C21H20N2O5. The predicted octanol–water partition coefficient (Wildman–Crippen LogP) is 2.29. The SMILES string of the molecule is CC(O)Cn1ccc2c(NC(=O)Cc3ccc4c(c3)OCO4)cccc2c1=O. The van der Waals surface area contributed by atoms with Gasteiger partial charge in [-0.1, -0.05) is 12.1 Å². The molecule has 0 saturated heterocycles. The lowest BCUT2D eigenvalue weighted by Gasteiger charge is -2.12. The Morgan fingerprint density at radius 3 is 2.82 bits per heavy atom. The highest BCUT2D eigenvalue weighted by atomic mass is 16.7. The van der Waals surface area contributed by atoms with E-state index in [2.05, 4.69) is 5.32 Å². The van der Waals surface area contributed by atoms with Crippen LogP contribution in [-0.4, -0.2) is 28.5 Å². The monoisotopic (exact) mass is 380 g/mol. The number of fused-ring (bicyclic) bond motifs is 2. The Bertz CT molecular complexity index is 1100. The highest BCUT2D eigenvalue weighted by Gasteiger charge is 2.15. The summed E-state index contributed by atoms with van der Waals surface area (Å²) in [6.45, 7) is 2.03. The zero-order chi connectivity index (χ0) is 19.7. The molecule has 28 heavy (non-hydrogen) atoms. The summed E-state index contributed by atoms with van der Waals surface area (Å²) in [6.07, 6.45) is 1.18. The molecule has 0 aliphatic carbocycles. The molecule has 1 unspecified atom stereocenters. The van der Waals surface area contributed by atoms with Crippen LogP contribution in [0.1, 0.15) is 12.5 Å². The second-order valence-corrected chi connectivity index (χ2v) is 6.80. The first-order valence-electron chi connectivity index (χ1n) is 9.00. The fourth-order valence-corrected chi connectivity index (χ4v) is 3.29. The number of benzene rings is 2. The number of rotatable bonds is 5. The largest absolute Gasteiger partial charge is 0.454 e. The van der Waals surface area contributed by atoms with Crippen molar-refractivity contribution in [3.8, 4) is 11.5 Å². The van der Waals surface area contributed by atoms with Crippen LogP contribution < -0.4 is 20.3 Å². The van der Waals surface area contributed by atoms with E-state index in [4.69, 9.17) is 9.47 Å². The van der Waals surface area contributed by atoms with E-state index in [1.807, 2.05) is 6.07 Å². The van der Waals surface area contributed by atoms with Crippen LogP contribution in [-0.2, 0) is 17.8 Å². The quantitative estimate of drug-likeness (QED) is 0.709. The first kappa shape index (κ1) is 18.1. The lowest BCUT2D eigenvalue weighted by Crippen LogP contribution is -2.25. The Kier molecular flexibility index (Phi) is 4.75. The predicted molar refractivity (Wildman–Crippen MR) is 105 cm³/mol. The molecule has 144 valence electrons. The molecule has 1 aliphatic heterocycles. The Labute approximate surface area is 161 Å². The molecule has 4 rings (SSSR count). The summed E-state index contributed by atoms with van der Waals surface area (Å²) in [5.41, 5.74) is 1.18. The van der Waals surface area contributed by atoms with Gasteiger partial charge < -0.3 is 24.5 Å². The standard InChI is InChI=1S/C21H20N2O5/c1-13(24)11-23-8-7-15-16(21(23)26)3-2-4-17(15)22-20(25)10-14-5-6-18-19(9-14)28-12-27-18/h2-9,13,24H,10-12H2,1H3,(H,22,25). The molecule has 2 heterocycles. The molecule has 2 N–H and O–H groups in total. The fourth-order valence-electron chi connectivity index (χ4n) is 3.29. The number of aromatic nitrogens is 1. The number of carbonyl (C=O) groups is 1. The Morgan fingerprint density at radius 2 is 2.00 bits per heavy atom. The first-order chi connectivity index (χ1) is 13.5. The summed E-state index contributed by atoms with van der Waals surface area (Å²) >= 11 is 0. The van der Waals surface area contributed by atoms with Gasteiger partial charge in [-0.15, -0.1) is 0 Å². The number of hydrogen-bond acceptors (Lipinski definition) is 5. The van der Waals surface area contributed by atoms with Crippen LogP contribution in [0.4, 0.5) is 5.69 Å². The normalized spacial score (nSPS) is 13.5. The minimum Gasteiger partial charge on any atom is -0.454 e. The van der Waals surface area contributed by atoms with Gasteiger partial charge >= 0.3 is 0 Å². The maximum atomic E-state index is 12.6. The van der Waals surface area contributed by atoms with Gasteiger partial charge in [0.15, 0.2) is 11.5 Å². The van der Waals surface area contributed by atoms with Gasteiger partial charge in [-0.2, -0.15) is 0 Å². The number of ether oxygens (including phenoxy) is 2. The van der Waals surface area contributed by atoms with E-state index in [0.29, 0.717) is 28.0 Å². The highest BCUT2D eigenvalue weighted by molar-refractivity contribution is 6.02. The van der Waals surface area contributed by atoms with Crippen LogP contribution >= 0.6 is 0 Å². The van der Waals surface area contributed by atoms with E-state index >= 15 is 0 Å². The van der Waals surface area contributed by atoms with Gasteiger partial charge in [0.05, 0.1) is 19.1 Å². The zero-order valence-electron chi connectivity index (χ0n) is 15.3. The van der Waals surface area contributed by atoms with Crippen LogP contribution in [0.25, 0.3) is 10.8 Å². The number of hydrogen-bond donors (Lipinski definition) is 2. The Morgan fingerprint density at radius 1 is 1.18 bits per heavy atom. The Hall–Kier alpha value is -3.32. The van der Waals surface area contributed by atoms with Gasteiger partial charge in [0.1, 0.15) is 0 Å². The van der Waals surface area contributed by atoms with Crippen molar-refractivity contribution in [2.24, 2.45) is 0 Å². The number of aliphatic hydroxyl groups excluding tert-OH is 1. The molecule has 0 fully saturated rings. The molecule has 7 heteroatoms. The van der Waals surface area contributed by atoms with Crippen molar-refractivity contribution in [2.75, 3.05) is 12.1 Å². The van der Waals surface area contributed by atoms with Gasteiger partial charge in [0.25, 0.3) is 5.56 Å². The van der Waals surface area contributed by atoms with Crippen LogP contribution in [0.15, 0.2) is 53.5 Å². The van der Waals surface area contributed by atoms with Crippen molar-refractivity contribution in [3.05, 3.63) is 64.6 Å². The third-order valence-corrected chi connectivity index (χ3v) is 4.56. The maximum absolute atomic E-state index is 12.6. The number of amides is 1. The minimum absolute atomic E-state index is 0.173. The van der Waals surface area contributed by atoms with Gasteiger partial charge in [-0.3, -0.25) is 9.59 Å². The molecule has 1 aromatic heterocycles. The zero-order valence-corrected chi connectivity index (χ0v) is 15.3.